The molecule has 12 nitrogen and oxygen atoms in total. The van der Waals surface area contributed by atoms with Gasteiger partial charge < -0.3 is 30.3 Å². The topological polar surface area (TPSA) is 150 Å². The summed E-state index contributed by atoms with van der Waals surface area (Å²) >= 11 is 0. The Labute approximate surface area is 301 Å². The van der Waals surface area contributed by atoms with Crippen LogP contribution in [0.3, 0.4) is 0 Å². The summed E-state index contributed by atoms with van der Waals surface area (Å²) in [6.07, 6.45) is 1.86. The molecule has 2 aromatic carbocycles. The number of benzene rings is 2. The second kappa shape index (κ2) is 17.4. The first-order valence-corrected chi connectivity index (χ1v) is 18.2. The van der Waals surface area contributed by atoms with E-state index in [2.05, 4.69) is 16.0 Å². The number of amides is 4. The first-order valence-electron chi connectivity index (χ1n) is 18.2. The van der Waals surface area contributed by atoms with Gasteiger partial charge in [0.1, 0.15) is 23.7 Å². The van der Waals surface area contributed by atoms with Gasteiger partial charge in [0, 0.05) is 25.6 Å². The summed E-state index contributed by atoms with van der Waals surface area (Å²) in [5.74, 6) is -1.56. The van der Waals surface area contributed by atoms with E-state index < -0.39 is 41.6 Å². The molecule has 0 bridgehead atoms. The van der Waals surface area contributed by atoms with Crippen LogP contribution in [-0.2, 0) is 46.3 Å². The number of hydrogen-bond donors (Lipinski definition) is 3. The van der Waals surface area contributed by atoms with E-state index in [1.807, 2.05) is 86.3 Å². The number of nitrogens with zero attached hydrogens (tertiary/aromatic N) is 2. The van der Waals surface area contributed by atoms with Crippen LogP contribution in [0.5, 0.6) is 0 Å². The Hall–Kier alpha value is -4.13. The fraction of sp³-hybridized carbons (Fsp3) is 0.564. The molecule has 51 heavy (non-hydrogen) atoms. The molecule has 0 spiro atoms. The standard InChI is InChI=1S/C39H53N5O7/c1-26(2)21-31(35(46)39(4)25-51-39)41-37(48)33(23-29-13-9-6-10-14-29)44-27(3)22-32(38(44)49)42-36(47)30(16-15-28-11-7-5-8-12-28)40-34(45)24-43-17-19-50-20-18-43/h5-14,26-27,30-33H,15-25H2,1-4H3,(H,40,45)(H,41,48)(H,42,47)/t27?,30-,31-,32-,33+,39-/m0/s1. The summed E-state index contributed by atoms with van der Waals surface area (Å²) in [6, 6.07) is 15.3. The maximum atomic E-state index is 14.2. The van der Waals surface area contributed by atoms with E-state index in [0.29, 0.717) is 52.2 Å². The van der Waals surface area contributed by atoms with Crippen LogP contribution in [0.15, 0.2) is 60.7 Å². The highest BCUT2D eigenvalue weighted by molar-refractivity contribution is 5.99. The molecule has 1 unspecified atom stereocenters. The largest absolute Gasteiger partial charge is 0.379 e. The van der Waals surface area contributed by atoms with Crippen molar-refractivity contribution in [2.75, 3.05) is 39.5 Å². The number of epoxide rings is 1. The summed E-state index contributed by atoms with van der Waals surface area (Å²) in [6.45, 7) is 10.4. The molecule has 2 aromatic rings. The van der Waals surface area contributed by atoms with Crippen molar-refractivity contribution in [3.8, 4) is 0 Å². The number of nitrogens with one attached hydrogen (secondary N) is 3. The number of hydrogen-bond acceptors (Lipinski definition) is 8. The van der Waals surface area contributed by atoms with Crippen LogP contribution in [0, 0.1) is 5.92 Å². The van der Waals surface area contributed by atoms with Crippen LogP contribution >= 0.6 is 0 Å². The normalized spacial score (nSPS) is 23.7. The highest BCUT2D eigenvalue weighted by Gasteiger charge is 2.51. The minimum atomic E-state index is -0.922. The van der Waals surface area contributed by atoms with Crippen LogP contribution in [0.2, 0.25) is 0 Å². The molecule has 3 heterocycles. The van der Waals surface area contributed by atoms with Gasteiger partial charge in [-0.3, -0.25) is 28.9 Å². The Bertz CT molecular complexity index is 1510. The zero-order valence-electron chi connectivity index (χ0n) is 30.3. The lowest BCUT2D eigenvalue weighted by Crippen LogP contribution is -2.57. The molecule has 0 radical (unpaired) electrons. The molecule has 3 aliphatic rings. The smallest absolute Gasteiger partial charge is 0.246 e. The Balaban J connectivity index is 1.31. The molecular formula is C39H53N5O7. The molecule has 3 aliphatic heterocycles. The van der Waals surface area contributed by atoms with Crippen molar-refractivity contribution in [3.05, 3.63) is 71.8 Å². The van der Waals surface area contributed by atoms with Gasteiger partial charge in [-0.05, 0) is 56.6 Å². The van der Waals surface area contributed by atoms with Crippen molar-refractivity contribution in [2.45, 2.75) is 95.6 Å². The van der Waals surface area contributed by atoms with Gasteiger partial charge >= 0.3 is 0 Å². The summed E-state index contributed by atoms with van der Waals surface area (Å²) in [7, 11) is 0. The number of ether oxygens (including phenoxy) is 2. The number of carbonyl (C=O) groups excluding carboxylic acids is 5. The average molecular weight is 704 g/mol. The van der Waals surface area contributed by atoms with Gasteiger partial charge in [-0.2, -0.15) is 0 Å². The van der Waals surface area contributed by atoms with Crippen LogP contribution < -0.4 is 16.0 Å². The highest BCUT2D eigenvalue weighted by atomic mass is 16.6. The molecule has 6 atom stereocenters. The summed E-state index contributed by atoms with van der Waals surface area (Å²) < 4.78 is 10.8. The molecular weight excluding hydrogens is 650 g/mol. The van der Waals surface area contributed by atoms with Gasteiger partial charge in [-0.1, -0.05) is 74.5 Å². The van der Waals surface area contributed by atoms with Gasteiger partial charge in [-0.25, -0.2) is 0 Å². The third-order valence-electron chi connectivity index (χ3n) is 9.96. The quantitative estimate of drug-likeness (QED) is 0.212. The molecule has 12 heteroatoms. The monoisotopic (exact) mass is 703 g/mol. The second-order valence-electron chi connectivity index (χ2n) is 14.7. The van der Waals surface area contributed by atoms with Gasteiger partial charge in [0.15, 0.2) is 5.78 Å². The Morgan fingerprint density at radius 2 is 1.53 bits per heavy atom. The SMILES string of the molecule is CC(C)C[C@H](NC(=O)[C@@H](Cc1ccccc1)N1C(=O)[C@@H](NC(=O)[C@H](CCc2ccccc2)NC(=O)CN2CCOCC2)CC1C)C(=O)[C@]1(C)CO1. The number of Topliss-reactive ketones (excluding diaryl/α,β-unsaturated/α-hetero) is 1. The summed E-state index contributed by atoms with van der Waals surface area (Å²) in [5.41, 5.74) is 0.974. The van der Waals surface area contributed by atoms with E-state index in [1.165, 1.54) is 0 Å². The number of carbonyl (C=O) groups is 5. The molecule has 4 amide bonds. The third-order valence-corrected chi connectivity index (χ3v) is 9.96. The van der Waals surface area contributed by atoms with Crippen molar-refractivity contribution in [2.24, 2.45) is 5.92 Å². The molecule has 276 valence electrons. The molecule has 3 N–H and O–H groups in total. The maximum absolute atomic E-state index is 14.2. The predicted molar refractivity (Wildman–Crippen MR) is 191 cm³/mol. The number of aryl methyl sites for hydroxylation is 1. The van der Waals surface area contributed by atoms with Gasteiger partial charge in [0.25, 0.3) is 0 Å². The van der Waals surface area contributed by atoms with Crippen LogP contribution in [0.4, 0.5) is 0 Å². The van der Waals surface area contributed by atoms with Crippen LogP contribution in [0.1, 0.15) is 58.1 Å². The van der Waals surface area contributed by atoms with E-state index in [1.54, 1.807) is 11.8 Å². The minimum Gasteiger partial charge on any atom is -0.379 e. The number of rotatable bonds is 17. The lowest BCUT2D eigenvalue weighted by atomic mass is 9.92. The predicted octanol–water partition coefficient (Wildman–Crippen LogP) is 2.04. The van der Waals surface area contributed by atoms with Crippen LogP contribution in [0.25, 0.3) is 0 Å². The summed E-state index contributed by atoms with van der Waals surface area (Å²) in [5, 5.41) is 8.83. The van der Waals surface area contributed by atoms with E-state index >= 15 is 0 Å². The fourth-order valence-corrected chi connectivity index (χ4v) is 6.98. The minimum absolute atomic E-state index is 0.130. The fourth-order valence-electron chi connectivity index (χ4n) is 6.98. The van der Waals surface area contributed by atoms with Crippen LogP contribution in [-0.4, -0.2) is 114 Å². The second-order valence-corrected chi connectivity index (χ2v) is 14.7. The lowest BCUT2D eigenvalue weighted by Gasteiger charge is -2.33. The van der Waals surface area contributed by atoms with Gasteiger partial charge in [0.05, 0.1) is 32.4 Å². The van der Waals surface area contributed by atoms with Crippen molar-refractivity contribution >= 4 is 29.4 Å². The Morgan fingerprint density at radius 1 is 0.902 bits per heavy atom. The van der Waals surface area contributed by atoms with E-state index in [-0.39, 0.29) is 48.9 Å². The third kappa shape index (κ3) is 10.5. The van der Waals surface area contributed by atoms with Crippen molar-refractivity contribution in [1.82, 2.24) is 25.8 Å². The zero-order valence-corrected chi connectivity index (χ0v) is 30.3. The highest BCUT2D eigenvalue weighted by Crippen LogP contribution is 2.30. The molecule has 5 rings (SSSR count). The first-order chi connectivity index (χ1) is 24.4. The molecule has 0 saturated carbocycles. The summed E-state index contributed by atoms with van der Waals surface area (Å²) in [4.78, 5) is 72.3. The molecule has 3 fully saturated rings. The average Bonchev–Trinajstić information content (AvgIpc) is 3.81. The molecule has 0 aliphatic carbocycles. The molecule has 0 aromatic heterocycles. The van der Waals surface area contributed by atoms with Gasteiger partial charge in [0.2, 0.25) is 23.6 Å². The Kier molecular flexibility index (Phi) is 13.0. The molecule has 3 saturated heterocycles. The van der Waals surface area contributed by atoms with Crippen molar-refractivity contribution in [1.29, 1.82) is 0 Å². The first kappa shape index (κ1) is 38.1. The van der Waals surface area contributed by atoms with E-state index in [4.69, 9.17) is 9.47 Å². The van der Waals surface area contributed by atoms with Crippen molar-refractivity contribution < 1.29 is 33.4 Å². The van der Waals surface area contributed by atoms with E-state index in [0.717, 1.165) is 11.1 Å². The number of ketones is 1. The van der Waals surface area contributed by atoms with E-state index in [9.17, 15) is 24.0 Å². The van der Waals surface area contributed by atoms with Crippen molar-refractivity contribution in [3.63, 3.8) is 0 Å². The lowest BCUT2D eigenvalue weighted by molar-refractivity contribution is -0.142. The maximum Gasteiger partial charge on any atom is 0.246 e. The number of likely N-dealkylation sites (tertiary alicyclic amines) is 1. The zero-order chi connectivity index (χ0) is 36.5. The van der Waals surface area contributed by atoms with Gasteiger partial charge in [-0.15, -0.1) is 0 Å². The number of morpholine rings is 1. The Morgan fingerprint density at radius 3 is 2.14 bits per heavy atom.